The number of ether oxygens (including phenoxy) is 1. The topological polar surface area (TPSA) is 50.7 Å². The van der Waals surface area contributed by atoms with Crippen molar-refractivity contribution >= 4 is 22.9 Å². The lowest BCUT2D eigenvalue weighted by Gasteiger charge is -2.34. The van der Waals surface area contributed by atoms with E-state index in [0.29, 0.717) is 11.3 Å². The summed E-state index contributed by atoms with van der Waals surface area (Å²) in [5.41, 5.74) is 0.328. The number of methoxy groups -OCH3 is 1. The van der Waals surface area contributed by atoms with Gasteiger partial charge in [-0.3, -0.25) is 4.99 Å². The van der Waals surface area contributed by atoms with Gasteiger partial charge in [-0.1, -0.05) is 39.5 Å². The van der Waals surface area contributed by atoms with Gasteiger partial charge in [0.1, 0.15) is 6.04 Å². The fourth-order valence-electron chi connectivity index (χ4n) is 2.29. The van der Waals surface area contributed by atoms with Crippen LogP contribution >= 0.6 is 11.8 Å². The molecule has 1 aliphatic rings. The Morgan fingerprint density at radius 1 is 1.45 bits per heavy atom. The maximum absolute atomic E-state index is 11.8. The van der Waals surface area contributed by atoms with Crippen LogP contribution in [0.2, 0.25) is 0 Å². The van der Waals surface area contributed by atoms with Crippen LogP contribution in [-0.4, -0.2) is 36.6 Å². The van der Waals surface area contributed by atoms with E-state index >= 15 is 0 Å². The molecular formula is C15H28N2O2S. The van der Waals surface area contributed by atoms with Gasteiger partial charge < -0.3 is 10.1 Å². The van der Waals surface area contributed by atoms with Gasteiger partial charge >= 0.3 is 5.97 Å². The smallest absolute Gasteiger partial charge is 0.328 e. The fourth-order valence-corrected chi connectivity index (χ4v) is 3.62. The molecule has 1 atom stereocenters. The van der Waals surface area contributed by atoms with Crippen LogP contribution in [0.15, 0.2) is 4.99 Å². The number of hydrogen-bond acceptors (Lipinski definition) is 5. The average Bonchev–Trinajstić information content (AvgIpc) is 2.46. The molecule has 0 aromatic rings. The van der Waals surface area contributed by atoms with Gasteiger partial charge in [-0.2, -0.15) is 0 Å². The first kappa shape index (κ1) is 17.3. The van der Waals surface area contributed by atoms with Crippen molar-refractivity contribution in [2.75, 3.05) is 19.4 Å². The Balaban J connectivity index is 2.66. The highest BCUT2D eigenvalue weighted by Crippen LogP contribution is 2.34. The van der Waals surface area contributed by atoms with E-state index in [1.807, 2.05) is 0 Å². The molecule has 1 rings (SSSR count). The van der Waals surface area contributed by atoms with Crippen LogP contribution in [0.4, 0.5) is 0 Å². The molecule has 116 valence electrons. The number of hydrogen-bond donors (Lipinski definition) is 1. The number of rotatable bonds is 6. The second kappa shape index (κ2) is 7.91. The fraction of sp³-hybridized carbons (Fsp3) is 0.867. The molecule has 0 amide bonds. The van der Waals surface area contributed by atoms with Gasteiger partial charge in [0, 0.05) is 12.3 Å². The van der Waals surface area contributed by atoms with Crippen LogP contribution in [0, 0.1) is 11.3 Å². The van der Waals surface area contributed by atoms with Gasteiger partial charge in [0.05, 0.1) is 7.11 Å². The molecule has 0 saturated heterocycles. The minimum absolute atomic E-state index is 0.204. The van der Waals surface area contributed by atoms with Gasteiger partial charge in [-0.05, 0) is 30.6 Å². The van der Waals surface area contributed by atoms with E-state index in [1.54, 1.807) is 11.8 Å². The molecular weight excluding hydrogens is 272 g/mol. The van der Waals surface area contributed by atoms with Crippen LogP contribution in [0.3, 0.4) is 0 Å². The highest BCUT2D eigenvalue weighted by atomic mass is 32.2. The summed E-state index contributed by atoms with van der Waals surface area (Å²) >= 11 is 1.73. The van der Waals surface area contributed by atoms with Crippen molar-refractivity contribution in [1.82, 2.24) is 5.32 Å². The predicted octanol–water partition coefficient (Wildman–Crippen LogP) is 3.07. The van der Waals surface area contributed by atoms with Crippen molar-refractivity contribution in [2.45, 2.75) is 53.0 Å². The Morgan fingerprint density at radius 2 is 2.10 bits per heavy atom. The molecule has 0 saturated carbocycles. The van der Waals surface area contributed by atoms with Gasteiger partial charge in [-0.15, -0.1) is 0 Å². The number of esters is 1. The highest BCUT2D eigenvalue weighted by molar-refractivity contribution is 8.13. The number of nitrogens with zero attached hydrogens (tertiary/aromatic N) is 1. The van der Waals surface area contributed by atoms with E-state index in [9.17, 15) is 4.79 Å². The first-order chi connectivity index (χ1) is 9.46. The number of carbonyl (C=O) groups excluding carboxylic acids is 1. The standard InChI is InChI=1S/C15H28N2O2S/c1-6-15(7-2)9-16-14(20-10-15)17-12(8-11(3)4)13(18)19-5/h11-12H,6-10H2,1-5H3,(H,16,17). The Kier molecular flexibility index (Phi) is 6.86. The van der Waals surface area contributed by atoms with Crippen molar-refractivity contribution in [1.29, 1.82) is 0 Å². The Bertz CT molecular complexity index is 352. The predicted molar refractivity (Wildman–Crippen MR) is 86.2 cm³/mol. The van der Waals surface area contributed by atoms with E-state index < -0.39 is 0 Å². The van der Waals surface area contributed by atoms with Gasteiger partial charge in [0.25, 0.3) is 0 Å². The molecule has 0 spiro atoms. The largest absolute Gasteiger partial charge is 0.467 e. The third-order valence-corrected chi connectivity index (χ3v) is 5.34. The number of nitrogens with one attached hydrogen (secondary N) is 1. The molecule has 1 N–H and O–H groups in total. The van der Waals surface area contributed by atoms with E-state index in [4.69, 9.17) is 4.74 Å². The zero-order valence-corrected chi connectivity index (χ0v) is 14.2. The SMILES string of the molecule is CCC1(CC)CN=C(NC(CC(C)C)C(=O)OC)SC1. The first-order valence-electron chi connectivity index (χ1n) is 7.48. The molecule has 0 bridgehead atoms. The van der Waals surface area contributed by atoms with Crippen LogP contribution < -0.4 is 5.32 Å². The van der Waals surface area contributed by atoms with Crippen LogP contribution in [0.25, 0.3) is 0 Å². The normalized spacial score (nSPS) is 19.4. The lowest BCUT2D eigenvalue weighted by Crippen LogP contribution is -2.44. The summed E-state index contributed by atoms with van der Waals surface area (Å²) in [6.07, 6.45) is 3.07. The van der Waals surface area contributed by atoms with Crippen molar-refractivity contribution in [3.63, 3.8) is 0 Å². The van der Waals surface area contributed by atoms with Crippen molar-refractivity contribution < 1.29 is 9.53 Å². The zero-order chi connectivity index (χ0) is 15.2. The van der Waals surface area contributed by atoms with E-state index in [1.165, 1.54) is 7.11 Å². The van der Waals surface area contributed by atoms with E-state index in [0.717, 1.165) is 36.7 Å². The third-order valence-electron chi connectivity index (χ3n) is 4.06. The van der Waals surface area contributed by atoms with Crippen LogP contribution in [0.5, 0.6) is 0 Å². The number of thioether (sulfide) groups is 1. The molecule has 5 heteroatoms. The summed E-state index contributed by atoms with van der Waals surface area (Å²) < 4.78 is 4.87. The summed E-state index contributed by atoms with van der Waals surface area (Å²) in [6, 6.07) is -0.290. The molecule has 1 heterocycles. The summed E-state index contributed by atoms with van der Waals surface area (Å²) in [5.74, 6) is 1.30. The van der Waals surface area contributed by atoms with E-state index in [2.05, 4.69) is 38.0 Å². The van der Waals surface area contributed by atoms with Crippen molar-refractivity contribution in [3.8, 4) is 0 Å². The second-order valence-corrected chi connectivity index (χ2v) is 6.93. The molecule has 0 aromatic heterocycles. The zero-order valence-electron chi connectivity index (χ0n) is 13.4. The van der Waals surface area contributed by atoms with Crippen molar-refractivity contribution in [2.24, 2.45) is 16.3 Å². The van der Waals surface area contributed by atoms with Gasteiger partial charge in [0.2, 0.25) is 0 Å². The summed E-state index contributed by atoms with van der Waals surface area (Å²) in [6.45, 7) is 9.52. The number of carbonyl (C=O) groups is 1. The lowest BCUT2D eigenvalue weighted by molar-refractivity contribution is -0.143. The minimum atomic E-state index is -0.290. The van der Waals surface area contributed by atoms with Gasteiger partial charge in [-0.25, -0.2) is 4.79 Å². The Hall–Kier alpha value is -0.710. The third kappa shape index (κ3) is 4.69. The monoisotopic (exact) mass is 300 g/mol. The molecule has 4 nitrogen and oxygen atoms in total. The maximum atomic E-state index is 11.8. The first-order valence-corrected chi connectivity index (χ1v) is 8.46. The number of amidine groups is 1. The molecule has 0 aromatic carbocycles. The highest BCUT2D eigenvalue weighted by Gasteiger charge is 2.31. The summed E-state index contributed by atoms with van der Waals surface area (Å²) in [4.78, 5) is 16.5. The summed E-state index contributed by atoms with van der Waals surface area (Å²) in [5, 5.41) is 4.15. The van der Waals surface area contributed by atoms with Crippen molar-refractivity contribution in [3.05, 3.63) is 0 Å². The lowest BCUT2D eigenvalue weighted by atomic mass is 9.84. The Labute approximate surface area is 127 Å². The molecule has 1 aliphatic heterocycles. The maximum Gasteiger partial charge on any atom is 0.328 e. The van der Waals surface area contributed by atoms with Gasteiger partial charge in [0.15, 0.2) is 5.17 Å². The summed E-state index contributed by atoms with van der Waals surface area (Å²) in [7, 11) is 1.44. The second-order valence-electron chi connectivity index (χ2n) is 5.97. The van der Waals surface area contributed by atoms with Crippen LogP contribution in [0.1, 0.15) is 47.0 Å². The molecule has 0 radical (unpaired) electrons. The number of aliphatic imine (C=N–C) groups is 1. The quantitative estimate of drug-likeness (QED) is 0.766. The Morgan fingerprint density at radius 3 is 2.50 bits per heavy atom. The molecule has 0 aliphatic carbocycles. The molecule has 1 unspecified atom stereocenters. The minimum Gasteiger partial charge on any atom is -0.467 e. The average molecular weight is 300 g/mol. The molecule has 20 heavy (non-hydrogen) atoms. The van der Waals surface area contributed by atoms with Crippen LogP contribution in [-0.2, 0) is 9.53 Å². The van der Waals surface area contributed by atoms with E-state index in [-0.39, 0.29) is 12.0 Å². The molecule has 0 fully saturated rings.